The van der Waals surface area contributed by atoms with Crippen molar-refractivity contribution in [3.63, 3.8) is 0 Å². The van der Waals surface area contributed by atoms with Gasteiger partial charge in [0.25, 0.3) is 0 Å². The first kappa shape index (κ1) is 15.1. The van der Waals surface area contributed by atoms with Crippen molar-refractivity contribution in [1.29, 1.82) is 0 Å². The first-order chi connectivity index (χ1) is 12.8. The molecular formula is C25H19N. The quantitative estimate of drug-likeness (QED) is 0.409. The minimum atomic E-state index is -0.250. The van der Waals surface area contributed by atoms with Gasteiger partial charge in [0.1, 0.15) is 0 Å². The Labute approximate surface area is 153 Å². The maximum atomic E-state index is 5.07. The Kier molecular flexibility index (Phi) is 3.29. The molecule has 0 aliphatic carbocycles. The molecule has 5 rings (SSSR count). The predicted molar refractivity (Wildman–Crippen MR) is 109 cm³/mol. The summed E-state index contributed by atoms with van der Waals surface area (Å²) in [5.41, 5.74) is 5.68. The van der Waals surface area contributed by atoms with Crippen molar-refractivity contribution in [3.05, 3.63) is 114 Å². The molecule has 0 N–H and O–H groups in total. The maximum Gasteiger partial charge on any atom is 0.0678 e. The van der Waals surface area contributed by atoms with Gasteiger partial charge in [0, 0.05) is 0 Å². The Morgan fingerprint density at radius 3 is 2.19 bits per heavy atom. The van der Waals surface area contributed by atoms with Gasteiger partial charge >= 0.3 is 0 Å². The number of nitrogens with zero attached hydrogens (tertiary/aromatic N) is 1. The van der Waals surface area contributed by atoms with Crippen LogP contribution in [0.2, 0.25) is 0 Å². The maximum absolute atomic E-state index is 5.07. The molecule has 0 bridgehead atoms. The molecule has 0 amide bonds. The van der Waals surface area contributed by atoms with Gasteiger partial charge < -0.3 is 0 Å². The SMILES string of the molecule is CC1(c2ccccc2)C(c2ccc3ccccc3c2)=Nc2ccccc21. The molecule has 124 valence electrons. The summed E-state index contributed by atoms with van der Waals surface area (Å²) in [6, 6.07) is 34.4. The van der Waals surface area contributed by atoms with E-state index in [1.807, 2.05) is 0 Å². The molecule has 1 heteroatoms. The highest BCUT2D eigenvalue weighted by Gasteiger charge is 2.41. The van der Waals surface area contributed by atoms with Gasteiger partial charge in [-0.05, 0) is 46.5 Å². The van der Waals surface area contributed by atoms with Gasteiger partial charge in [0.2, 0.25) is 0 Å². The average Bonchev–Trinajstić information content (AvgIpc) is 3.02. The minimum absolute atomic E-state index is 0.250. The van der Waals surface area contributed by atoms with E-state index < -0.39 is 0 Å². The first-order valence-corrected chi connectivity index (χ1v) is 9.00. The zero-order valence-electron chi connectivity index (χ0n) is 14.7. The monoisotopic (exact) mass is 333 g/mol. The van der Waals surface area contributed by atoms with E-state index in [9.17, 15) is 0 Å². The van der Waals surface area contributed by atoms with Gasteiger partial charge in [0.05, 0.1) is 16.8 Å². The summed E-state index contributed by atoms with van der Waals surface area (Å²) in [4.78, 5) is 5.07. The van der Waals surface area contributed by atoms with Gasteiger partial charge in [-0.1, -0.05) is 84.9 Å². The molecule has 1 unspecified atom stereocenters. The highest BCUT2D eigenvalue weighted by Crippen LogP contribution is 2.46. The fraction of sp³-hybridized carbons (Fsp3) is 0.0800. The van der Waals surface area contributed by atoms with Crippen molar-refractivity contribution in [2.24, 2.45) is 4.99 Å². The van der Waals surface area contributed by atoms with Crippen LogP contribution in [0.1, 0.15) is 23.6 Å². The molecule has 26 heavy (non-hydrogen) atoms. The normalized spacial score (nSPS) is 18.6. The van der Waals surface area contributed by atoms with E-state index in [1.54, 1.807) is 0 Å². The number of para-hydroxylation sites is 1. The number of hydrogen-bond acceptors (Lipinski definition) is 1. The van der Waals surface area contributed by atoms with Gasteiger partial charge in [-0.2, -0.15) is 0 Å². The molecular weight excluding hydrogens is 314 g/mol. The third-order valence-electron chi connectivity index (χ3n) is 5.52. The number of aliphatic imine (C=N–C) groups is 1. The standard InChI is InChI=1S/C25H19N/c1-25(21-11-3-2-4-12-21)22-13-7-8-14-23(22)26-24(25)20-16-15-18-9-5-6-10-19(18)17-20/h2-17H,1H3. The third kappa shape index (κ3) is 2.14. The third-order valence-corrected chi connectivity index (χ3v) is 5.52. The van der Waals surface area contributed by atoms with Crippen molar-refractivity contribution in [2.75, 3.05) is 0 Å². The predicted octanol–water partition coefficient (Wildman–Crippen LogP) is 6.28. The van der Waals surface area contributed by atoms with Crippen LogP contribution in [0.3, 0.4) is 0 Å². The smallest absolute Gasteiger partial charge is 0.0678 e. The van der Waals surface area contributed by atoms with Crippen LogP contribution in [0.4, 0.5) is 5.69 Å². The van der Waals surface area contributed by atoms with E-state index in [2.05, 4.69) is 104 Å². The summed E-state index contributed by atoms with van der Waals surface area (Å²) < 4.78 is 0. The van der Waals surface area contributed by atoms with Gasteiger partial charge in [-0.15, -0.1) is 0 Å². The fourth-order valence-electron chi connectivity index (χ4n) is 4.11. The van der Waals surface area contributed by atoms with Crippen LogP contribution >= 0.6 is 0 Å². The van der Waals surface area contributed by atoms with E-state index in [0.29, 0.717) is 0 Å². The Morgan fingerprint density at radius 1 is 0.654 bits per heavy atom. The number of hydrogen-bond donors (Lipinski definition) is 0. The Hall–Kier alpha value is -3.19. The van der Waals surface area contributed by atoms with Crippen LogP contribution in [0.15, 0.2) is 102 Å². The molecule has 0 saturated carbocycles. The van der Waals surface area contributed by atoms with E-state index in [4.69, 9.17) is 4.99 Å². The second kappa shape index (κ2) is 5.67. The van der Waals surface area contributed by atoms with Crippen LogP contribution in [0, 0.1) is 0 Å². The highest BCUT2D eigenvalue weighted by molar-refractivity contribution is 6.15. The highest BCUT2D eigenvalue weighted by atomic mass is 14.8. The lowest BCUT2D eigenvalue weighted by molar-refractivity contribution is 0.794. The summed E-state index contributed by atoms with van der Waals surface area (Å²) in [5.74, 6) is 0. The lowest BCUT2D eigenvalue weighted by Crippen LogP contribution is -2.31. The summed E-state index contributed by atoms with van der Waals surface area (Å²) in [5, 5.41) is 2.51. The first-order valence-electron chi connectivity index (χ1n) is 9.00. The number of benzene rings is 4. The molecule has 0 radical (unpaired) electrons. The molecule has 1 nitrogen and oxygen atoms in total. The zero-order chi connectivity index (χ0) is 17.6. The molecule has 4 aromatic carbocycles. The van der Waals surface area contributed by atoms with Crippen LogP contribution in [0.5, 0.6) is 0 Å². The summed E-state index contributed by atoms with van der Waals surface area (Å²) >= 11 is 0. The number of fused-ring (bicyclic) bond motifs is 2. The largest absolute Gasteiger partial charge is 0.251 e. The summed E-state index contributed by atoms with van der Waals surface area (Å²) in [6.45, 7) is 2.29. The molecule has 0 aromatic heterocycles. The van der Waals surface area contributed by atoms with Crippen molar-refractivity contribution >= 4 is 22.2 Å². The van der Waals surface area contributed by atoms with Crippen LogP contribution in [0.25, 0.3) is 10.8 Å². The lowest BCUT2D eigenvalue weighted by Gasteiger charge is -2.29. The van der Waals surface area contributed by atoms with Crippen molar-refractivity contribution in [1.82, 2.24) is 0 Å². The average molecular weight is 333 g/mol. The molecule has 1 atom stereocenters. The Morgan fingerprint density at radius 2 is 1.35 bits per heavy atom. The minimum Gasteiger partial charge on any atom is -0.251 e. The second-order valence-corrected chi connectivity index (χ2v) is 7.03. The zero-order valence-corrected chi connectivity index (χ0v) is 14.7. The van der Waals surface area contributed by atoms with E-state index in [-0.39, 0.29) is 5.41 Å². The van der Waals surface area contributed by atoms with Crippen LogP contribution in [-0.2, 0) is 5.41 Å². The fourth-order valence-corrected chi connectivity index (χ4v) is 4.11. The van der Waals surface area contributed by atoms with Gasteiger partial charge in [0.15, 0.2) is 0 Å². The molecule has 1 heterocycles. The van der Waals surface area contributed by atoms with Crippen LogP contribution < -0.4 is 0 Å². The van der Waals surface area contributed by atoms with E-state index >= 15 is 0 Å². The van der Waals surface area contributed by atoms with Crippen molar-refractivity contribution in [3.8, 4) is 0 Å². The second-order valence-electron chi connectivity index (χ2n) is 7.03. The molecule has 1 aliphatic rings. The van der Waals surface area contributed by atoms with Gasteiger partial charge in [-0.3, -0.25) is 4.99 Å². The van der Waals surface area contributed by atoms with Gasteiger partial charge in [-0.25, -0.2) is 0 Å². The molecule has 0 spiro atoms. The van der Waals surface area contributed by atoms with Crippen LogP contribution in [-0.4, -0.2) is 5.71 Å². The lowest BCUT2D eigenvalue weighted by atomic mass is 9.72. The van der Waals surface area contributed by atoms with E-state index in [1.165, 1.54) is 27.5 Å². The van der Waals surface area contributed by atoms with Crippen molar-refractivity contribution < 1.29 is 0 Å². The topological polar surface area (TPSA) is 12.4 Å². The number of rotatable bonds is 2. The molecule has 4 aromatic rings. The Bertz CT molecular complexity index is 1140. The molecule has 0 saturated heterocycles. The summed E-state index contributed by atoms with van der Waals surface area (Å²) in [7, 11) is 0. The summed E-state index contributed by atoms with van der Waals surface area (Å²) in [6.07, 6.45) is 0. The van der Waals surface area contributed by atoms with E-state index in [0.717, 1.165) is 11.4 Å². The molecule has 1 aliphatic heterocycles. The van der Waals surface area contributed by atoms with Crippen molar-refractivity contribution in [2.45, 2.75) is 12.3 Å². The Balaban J connectivity index is 1.76. The molecule has 0 fully saturated rings.